The second-order valence-corrected chi connectivity index (χ2v) is 34.0. The molecule has 0 aromatic heterocycles. The fourth-order valence-corrected chi connectivity index (χ4v) is 14.9. The Hall–Kier alpha value is -1.94. The molecule has 2 unspecified atom stereocenters. The number of carbonyl (C=O) groups is 4. The highest BCUT2D eigenvalue weighted by Crippen LogP contribution is 2.45. The molecular weight excluding hydrogens is 1350 g/mol. The number of ether oxygens (including phenoxy) is 4. The number of hydrogen-bond acceptors (Lipinski definition) is 15. The van der Waals surface area contributed by atoms with Gasteiger partial charge in [-0.15, -0.1) is 0 Å². The fraction of sp³-hybridized carbons (Fsp3) is 0.953. The third kappa shape index (κ3) is 78.2. The standard InChI is InChI=1S/C85H166O17P2/c1-6-9-12-15-18-21-24-27-29-30-31-36-39-44-49-54-59-64-69-83(88)96-75-81(102-85(90)71-66-61-56-51-46-41-37-33-32-35-38-42-47-52-57-62-67-78(4)5)77-100-104(93,94)98-73-79(86)72-97-103(91,92)99-76-80(74-95-82(87)68-63-58-53-48-43-26-23-20-17-14-11-8-3)101-84(89)70-65-60-55-50-45-40-34-28-25-22-19-16-13-10-7-2/h78-81,86H,6-77H2,1-5H3,(H,91,92)(H,93,94)/t79-,80+,81+/m0/s1. The van der Waals surface area contributed by atoms with Gasteiger partial charge in [-0.05, 0) is 31.6 Å². The van der Waals surface area contributed by atoms with Crippen LogP contribution in [-0.4, -0.2) is 96.7 Å². The van der Waals surface area contributed by atoms with Crippen molar-refractivity contribution >= 4 is 39.5 Å². The number of unbranched alkanes of at least 4 members (excludes halogenated alkanes) is 57. The van der Waals surface area contributed by atoms with Crippen LogP contribution in [0.4, 0.5) is 0 Å². The summed E-state index contributed by atoms with van der Waals surface area (Å²) >= 11 is 0. The molecule has 3 N–H and O–H groups in total. The largest absolute Gasteiger partial charge is 0.472 e. The highest BCUT2D eigenvalue weighted by atomic mass is 31.2. The Morgan fingerprint density at radius 2 is 0.442 bits per heavy atom. The van der Waals surface area contributed by atoms with Crippen molar-refractivity contribution in [3.63, 3.8) is 0 Å². The van der Waals surface area contributed by atoms with Gasteiger partial charge >= 0.3 is 39.5 Å². The Morgan fingerprint density at radius 1 is 0.260 bits per heavy atom. The van der Waals surface area contributed by atoms with Crippen molar-refractivity contribution < 1.29 is 80.2 Å². The Labute approximate surface area is 638 Å². The maximum absolute atomic E-state index is 13.1. The Kier molecular flexibility index (Phi) is 76.3. The highest BCUT2D eigenvalue weighted by molar-refractivity contribution is 7.47. The third-order valence-corrected chi connectivity index (χ3v) is 21.9. The Balaban J connectivity index is 5.25. The molecule has 0 aromatic carbocycles. The lowest BCUT2D eigenvalue weighted by Crippen LogP contribution is -2.30. The zero-order chi connectivity index (χ0) is 76.2. The van der Waals surface area contributed by atoms with Crippen LogP contribution in [0.25, 0.3) is 0 Å². The molecule has 0 saturated carbocycles. The lowest BCUT2D eigenvalue weighted by molar-refractivity contribution is -0.161. The Morgan fingerprint density at radius 3 is 0.654 bits per heavy atom. The van der Waals surface area contributed by atoms with E-state index in [4.69, 9.17) is 37.0 Å². The number of hydrogen-bond donors (Lipinski definition) is 3. The second-order valence-electron chi connectivity index (χ2n) is 31.1. The van der Waals surface area contributed by atoms with Crippen LogP contribution in [-0.2, 0) is 65.4 Å². The maximum atomic E-state index is 13.1. The topological polar surface area (TPSA) is 237 Å². The number of carbonyl (C=O) groups excluding carboxylic acids is 4. The zero-order valence-electron chi connectivity index (χ0n) is 68.2. The summed E-state index contributed by atoms with van der Waals surface area (Å²) in [7, 11) is -9.93. The molecule has 5 atom stereocenters. The summed E-state index contributed by atoms with van der Waals surface area (Å²) in [5, 5.41) is 10.7. The van der Waals surface area contributed by atoms with Crippen molar-refractivity contribution in [1.82, 2.24) is 0 Å². The SMILES string of the molecule is CCCCCCCCCCCCCCCCCCCCC(=O)OC[C@H](COP(=O)(O)OC[C@@H](O)COP(=O)(O)OC[C@@H](COC(=O)CCCCCCCCCCCCCC)OC(=O)CCCCCCCCCCCCCCCCC)OC(=O)CCCCCCCCCCCCCCCCCCC(C)C. The molecule has 0 bridgehead atoms. The first-order valence-electron chi connectivity index (χ1n) is 44.1. The van der Waals surface area contributed by atoms with Crippen molar-refractivity contribution in [3.05, 3.63) is 0 Å². The maximum Gasteiger partial charge on any atom is 0.472 e. The van der Waals surface area contributed by atoms with Gasteiger partial charge in [0.2, 0.25) is 0 Å². The lowest BCUT2D eigenvalue weighted by atomic mass is 10.0. The molecule has 0 rings (SSSR count). The number of rotatable bonds is 85. The van der Waals surface area contributed by atoms with Crippen LogP contribution in [0, 0.1) is 5.92 Å². The summed E-state index contributed by atoms with van der Waals surface area (Å²) < 4.78 is 68.9. The van der Waals surface area contributed by atoms with E-state index in [0.29, 0.717) is 25.7 Å². The van der Waals surface area contributed by atoms with Gasteiger partial charge in [-0.3, -0.25) is 37.3 Å². The van der Waals surface area contributed by atoms with Gasteiger partial charge < -0.3 is 33.8 Å². The quantitative estimate of drug-likeness (QED) is 0.0222. The molecule has 0 amide bonds. The van der Waals surface area contributed by atoms with Crippen molar-refractivity contribution in [3.8, 4) is 0 Å². The monoisotopic (exact) mass is 1520 g/mol. The molecule has 0 aromatic rings. The van der Waals surface area contributed by atoms with Crippen molar-refractivity contribution in [2.24, 2.45) is 5.92 Å². The van der Waals surface area contributed by atoms with Crippen molar-refractivity contribution in [1.29, 1.82) is 0 Å². The van der Waals surface area contributed by atoms with E-state index in [9.17, 15) is 43.2 Å². The molecule has 0 aliphatic carbocycles. The molecule has 104 heavy (non-hydrogen) atoms. The summed E-state index contributed by atoms with van der Waals surface area (Å²) in [6.45, 7) is 7.40. The van der Waals surface area contributed by atoms with Crippen LogP contribution >= 0.6 is 15.6 Å². The third-order valence-electron chi connectivity index (χ3n) is 20.0. The predicted octanol–water partition coefficient (Wildman–Crippen LogP) is 26.0. The first kappa shape index (κ1) is 102. The summed E-state index contributed by atoms with van der Waals surface area (Å²) in [5.41, 5.74) is 0. The van der Waals surface area contributed by atoms with Crippen LogP contribution in [0.1, 0.15) is 458 Å². The van der Waals surface area contributed by atoms with E-state index in [1.807, 2.05) is 0 Å². The van der Waals surface area contributed by atoms with Gasteiger partial charge in [-0.2, -0.15) is 0 Å². The van der Waals surface area contributed by atoms with Gasteiger partial charge in [0.15, 0.2) is 12.2 Å². The summed E-state index contributed by atoms with van der Waals surface area (Å²) in [4.78, 5) is 73.2. The second kappa shape index (κ2) is 77.8. The molecule has 0 radical (unpaired) electrons. The summed E-state index contributed by atoms with van der Waals surface area (Å²) in [6, 6.07) is 0. The number of phosphoric ester groups is 2. The predicted molar refractivity (Wildman–Crippen MR) is 428 cm³/mol. The van der Waals surface area contributed by atoms with Crippen LogP contribution in [0.5, 0.6) is 0 Å². The van der Waals surface area contributed by atoms with Gasteiger partial charge in [0.1, 0.15) is 19.3 Å². The van der Waals surface area contributed by atoms with Gasteiger partial charge in [-0.25, -0.2) is 9.13 Å². The molecule has 0 saturated heterocycles. The van der Waals surface area contributed by atoms with Gasteiger partial charge in [0, 0.05) is 25.7 Å². The van der Waals surface area contributed by atoms with Gasteiger partial charge in [0.25, 0.3) is 0 Å². The first-order chi connectivity index (χ1) is 50.5. The number of aliphatic hydroxyl groups excluding tert-OH is 1. The van der Waals surface area contributed by atoms with Crippen molar-refractivity contribution in [2.45, 2.75) is 477 Å². The summed E-state index contributed by atoms with van der Waals surface area (Å²) in [5.74, 6) is -1.29. The Bertz CT molecular complexity index is 1980. The lowest BCUT2D eigenvalue weighted by Gasteiger charge is -2.21. The van der Waals surface area contributed by atoms with E-state index in [-0.39, 0.29) is 25.7 Å². The number of phosphoric acid groups is 2. The van der Waals surface area contributed by atoms with Crippen molar-refractivity contribution in [2.75, 3.05) is 39.6 Å². The molecule has 0 aliphatic heterocycles. The average molecular weight is 1520 g/mol. The fourth-order valence-electron chi connectivity index (χ4n) is 13.3. The molecule has 17 nitrogen and oxygen atoms in total. The normalized spacial score (nSPS) is 13.8. The summed E-state index contributed by atoms with van der Waals surface area (Å²) in [6.07, 6.45) is 70.6. The molecule has 19 heteroatoms. The molecule has 618 valence electrons. The molecule has 0 aliphatic rings. The van der Waals surface area contributed by atoms with E-state index in [1.165, 1.54) is 283 Å². The van der Waals surface area contributed by atoms with Crippen LogP contribution in [0.2, 0.25) is 0 Å². The molecular formula is C85H166O17P2. The minimum absolute atomic E-state index is 0.109. The van der Waals surface area contributed by atoms with Crippen LogP contribution in [0.3, 0.4) is 0 Å². The van der Waals surface area contributed by atoms with Crippen LogP contribution in [0.15, 0.2) is 0 Å². The van der Waals surface area contributed by atoms with Gasteiger partial charge in [-0.1, -0.05) is 407 Å². The van der Waals surface area contributed by atoms with E-state index in [0.717, 1.165) is 95.8 Å². The van der Waals surface area contributed by atoms with Gasteiger partial charge in [0.05, 0.1) is 26.4 Å². The smallest absolute Gasteiger partial charge is 0.462 e. The minimum Gasteiger partial charge on any atom is -0.462 e. The molecule has 0 heterocycles. The molecule has 0 fully saturated rings. The minimum atomic E-state index is -4.96. The van der Waals surface area contributed by atoms with E-state index in [1.54, 1.807) is 0 Å². The first-order valence-corrected chi connectivity index (χ1v) is 47.1. The highest BCUT2D eigenvalue weighted by Gasteiger charge is 2.30. The zero-order valence-corrected chi connectivity index (χ0v) is 70.0. The number of esters is 4. The van der Waals surface area contributed by atoms with E-state index in [2.05, 4.69) is 34.6 Å². The van der Waals surface area contributed by atoms with E-state index < -0.39 is 97.5 Å². The average Bonchev–Trinajstić information content (AvgIpc) is 0.916. The molecule has 0 spiro atoms. The number of aliphatic hydroxyl groups is 1. The van der Waals surface area contributed by atoms with E-state index >= 15 is 0 Å². The van der Waals surface area contributed by atoms with Crippen LogP contribution < -0.4 is 0 Å².